The van der Waals surface area contributed by atoms with Gasteiger partial charge in [0.1, 0.15) is 12.8 Å². The Morgan fingerprint density at radius 1 is 1.69 bits per heavy atom. The van der Waals surface area contributed by atoms with Gasteiger partial charge in [-0.15, -0.1) is 0 Å². The predicted molar refractivity (Wildman–Crippen MR) is 45.9 cm³/mol. The molecule has 1 heterocycles. The smallest absolute Gasteiger partial charge is 0.247 e. The van der Waals surface area contributed by atoms with Crippen LogP contribution < -0.4 is 5.73 Å². The number of morpholine rings is 1. The highest BCUT2D eigenvalue weighted by molar-refractivity contribution is 5.79. The number of nitrogens with two attached hydrogens (primary N) is 1. The van der Waals surface area contributed by atoms with E-state index < -0.39 is 18.7 Å². The molecule has 0 radical (unpaired) electrons. The summed E-state index contributed by atoms with van der Waals surface area (Å²) in [7, 11) is 0. The topological polar surface area (TPSA) is 55.6 Å². The molecule has 13 heavy (non-hydrogen) atoms. The van der Waals surface area contributed by atoms with Crippen molar-refractivity contribution < 1.29 is 13.9 Å². The number of amides is 1. The lowest BCUT2D eigenvalue weighted by Gasteiger charge is -2.34. The summed E-state index contributed by atoms with van der Waals surface area (Å²) in [5.41, 5.74) is 5.10. The number of hydrogen-bond acceptors (Lipinski definition) is 3. The van der Waals surface area contributed by atoms with Crippen molar-refractivity contribution in [1.82, 2.24) is 4.90 Å². The minimum absolute atomic E-state index is 0.0576. The van der Waals surface area contributed by atoms with Crippen LogP contribution in [-0.4, -0.2) is 49.3 Å². The zero-order chi connectivity index (χ0) is 9.84. The first kappa shape index (κ1) is 10.4. The van der Waals surface area contributed by atoms with E-state index in [9.17, 15) is 9.18 Å². The summed E-state index contributed by atoms with van der Waals surface area (Å²) in [6.07, 6.45) is -0.645. The summed E-state index contributed by atoms with van der Waals surface area (Å²) >= 11 is 0. The van der Waals surface area contributed by atoms with Crippen LogP contribution in [0.4, 0.5) is 4.39 Å². The summed E-state index contributed by atoms with van der Waals surface area (Å²) in [4.78, 5) is 12.7. The van der Waals surface area contributed by atoms with Gasteiger partial charge in [-0.1, -0.05) is 0 Å². The molecule has 0 aromatic rings. The summed E-state index contributed by atoms with van der Waals surface area (Å²) in [5, 5.41) is 0. The SMILES string of the molecule is C[C@@H]1CN(CCF)CC(C(N)=O)O1. The number of halogens is 1. The van der Waals surface area contributed by atoms with Gasteiger partial charge >= 0.3 is 0 Å². The number of alkyl halides is 1. The van der Waals surface area contributed by atoms with E-state index in [2.05, 4.69) is 0 Å². The number of carbonyl (C=O) groups is 1. The van der Waals surface area contributed by atoms with Gasteiger partial charge in [-0.05, 0) is 6.92 Å². The molecule has 76 valence electrons. The van der Waals surface area contributed by atoms with E-state index >= 15 is 0 Å². The van der Waals surface area contributed by atoms with Crippen molar-refractivity contribution in [1.29, 1.82) is 0 Å². The molecule has 1 fully saturated rings. The van der Waals surface area contributed by atoms with Gasteiger partial charge in [0.15, 0.2) is 0 Å². The monoisotopic (exact) mass is 190 g/mol. The number of carbonyl (C=O) groups excluding carboxylic acids is 1. The fourth-order valence-corrected chi connectivity index (χ4v) is 1.50. The second-order valence-corrected chi connectivity index (χ2v) is 3.29. The van der Waals surface area contributed by atoms with Crippen molar-refractivity contribution in [3.63, 3.8) is 0 Å². The highest BCUT2D eigenvalue weighted by atomic mass is 19.1. The lowest BCUT2D eigenvalue weighted by Crippen LogP contribution is -2.51. The van der Waals surface area contributed by atoms with Crippen molar-refractivity contribution in [2.75, 3.05) is 26.3 Å². The van der Waals surface area contributed by atoms with Gasteiger partial charge in [0.25, 0.3) is 0 Å². The number of primary amides is 1. The molecule has 0 bridgehead atoms. The van der Waals surface area contributed by atoms with Gasteiger partial charge in [-0.3, -0.25) is 9.69 Å². The number of nitrogens with zero attached hydrogens (tertiary/aromatic N) is 1. The maximum absolute atomic E-state index is 12.0. The molecular formula is C8H15FN2O2. The predicted octanol–water partition coefficient (Wildman–Crippen LogP) is -0.469. The van der Waals surface area contributed by atoms with Gasteiger partial charge in [-0.25, -0.2) is 4.39 Å². The second kappa shape index (κ2) is 4.53. The van der Waals surface area contributed by atoms with Crippen molar-refractivity contribution >= 4 is 5.91 Å². The van der Waals surface area contributed by atoms with E-state index in [1.807, 2.05) is 11.8 Å². The van der Waals surface area contributed by atoms with Crippen LogP contribution in [0, 0.1) is 0 Å². The van der Waals surface area contributed by atoms with Crippen molar-refractivity contribution in [2.45, 2.75) is 19.1 Å². The van der Waals surface area contributed by atoms with E-state index in [0.717, 1.165) is 0 Å². The van der Waals surface area contributed by atoms with Crippen LogP contribution in [0.1, 0.15) is 6.92 Å². The Hall–Kier alpha value is -0.680. The lowest BCUT2D eigenvalue weighted by molar-refractivity contribution is -0.142. The third-order valence-corrected chi connectivity index (χ3v) is 2.05. The third kappa shape index (κ3) is 2.93. The van der Waals surface area contributed by atoms with E-state index in [4.69, 9.17) is 10.5 Å². The Bertz CT molecular complexity index is 189. The molecule has 0 saturated carbocycles. The Balaban J connectivity index is 2.47. The fraction of sp³-hybridized carbons (Fsp3) is 0.875. The molecule has 1 aliphatic heterocycles. The van der Waals surface area contributed by atoms with Gasteiger partial charge in [0.05, 0.1) is 6.10 Å². The third-order valence-electron chi connectivity index (χ3n) is 2.05. The Morgan fingerprint density at radius 3 is 2.92 bits per heavy atom. The second-order valence-electron chi connectivity index (χ2n) is 3.29. The van der Waals surface area contributed by atoms with Gasteiger partial charge in [-0.2, -0.15) is 0 Å². The maximum Gasteiger partial charge on any atom is 0.247 e. The summed E-state index contributed by atoms with van der Waals surface area (Å²) in [6.45, 7) is 2.85. The van der Waals surface area contributed by atoms with Crippen molar-refractivity contribution in [3.8, 4) is 0 Å². The first-order valence-corrected chi connectivity index (χ1v) is 4.36. The average Bonchev–Trinajstić information content (AvgIpc) is 2.03. The average molecular weight is 190 g/mol. The summed E-state index contributed by atoms with van der Waals surface area (Å²) < 4.78 is 17.3. The van der Waals surface area contributed by atoms with Gasteiger partial charge in [0, 0.05) is 19.6 Å². The molecule has 0 spiro atoms. The Labute approximate surface area is 76.8 Å². The number of ether oxygens (including phenoxy) is 1. The standard InChI is InChI=1S/C8H15FN2O2/c1-6-4-11(3-2-9)5-7(13-6)8(10)12/h6-7H,2-5H2,1H3,(H2,10,12)/t6-,7?/m1/s1. The van der Waals surface area contributed by atoms with E-state index in [0.29, 0.717) is 19.6 Å². The van der Waals surface area contributed by atoms with E-state index in [1.54, 1.807) is 0 Å². The van der Waals surface area contributed by atoms with E-state index in [-0.39, 0.29) is 6.10 Å². The highest BCUT2D eigenvalue weighted by Crippen LogP contribution is 2.10. The Morgan fingerprint density at radius 2 is 2.38 bits per heavy atom. The molecule has 0 aromatic heterocycles. The number of rotatable bonds is 3. The highest BCUT2D eigenvalue weighted by Gasteiger charge is 2.28. The minimum atomic E-state index is -0.588. The van der Waals surface area contributed by atoms with Crippen LogP contribution in [0.25, 0.3) is 0 Å². The first-order chi connectivity index (χ1) is 6.13. The fourth-order valence-electron chi connectivity index (χ4n) is 1.50. The van der Waals surface area contributed by atoms with Crippen LogP contribution >= 0.6 is 0 Å². The molecule has 1 aliphatic rings. The molecule has 0 aliphatic carbocycles. The normalized spacial score (nSPS) is 30.3. The molecule has 5 heteroatoms. The van der Waals surface area contributed by atoms with E-state index in [1.165, 1.54) is 0 Å². The molecule has 2 N–H and O–H groups in total. The first-order valence-electron chi connectivity index (χ1n) is 4.36. The molecule has 0 aromatic carbocycles. The van der Waals surface area contributed by atoms with Gasteiger partial charge < -0.3 is 10.5 Å². The van der Waals surface area contributed by atoms with Crippen LogP contribution in [0.15, 0.2) is 0 Å². The Kier molecular flexibility index (Phi) is 3.62. The molecule has 1 amide bonds. The zero-order valence-corrected chi connectivity index (χ0v) is 7.70. The van der Waals surface area contributed by atoms with Crippen LogP contribution in [0.3, 0.4) is 0 Å². The molecule has 4 nitrogen and oxygen atoms in total. The quantitative estimate of drug-likeness (QED) is 0.654. The molecule has 1 unspecified atom stereocenters. The number of hydrogen-bond donors (Lipinski definition) is 1. The van der Waals surface area contributed by atoms with Crippen molar-refractivity contribution in [3.05, 3.63) is 0 Å². The zero-order valence-electron chi connectivity index (χ0n) is 7.70. The maximum atomic E-state index is 12.0. The van der Waals surface area contributed by atoms with Crippen LogP contribution in [0.2, 0.25) is 0 Å². The largest absolute Gasteiger partial charge is 0.367 e. The minimum Gasteiger partial charge on any atom is -0.367 e. The summed E-state index contributed by atoms with van der Waals surface area (Å²) in [6, 6.07) is 0. The summed E-state index contributed by atoms with van der Waals surface area (Å²) in [5.74, 6) is -0.476. The molecule has 2 atom stereocenters. The molecule has 1 saturated heterocycles. The molecule has 1 rings (SSSR count). The van der Waals surface area contributed by atoms with Crippen LogP contribution in [-0.2, 0) is 9.53 Å². The van der Waals surface area contributed by atoms with Gasteiger partial charge in [0.2, 0.25) is 5.91 Å². The molecular weight excluding hydrogens is 175 g/mol. The lowest BCUT2D eigenvalue weighted by atomic mass is 10.2. The van der Waals surface area contributed by atoms with Crippen molar-refractivity contribution in [2.24, 2.45) is 5.73 Å². The van der Waals surface area contributed by atoms with Crippen LogP contribution in [0.5, 0.6) is 0 Å².